The van der Waals surface area contributed by atoms with Crippen molar-refractivity contribution >= 4 is 40.0 Å². The lowest BCUT2D eigenvalue weighted by molar-refractivity contribution is -0.119. The minimum absolute atomic E-state index is 0.0279. The molecule has 0 fully saturated rings. The van der Waals surface area contributed by atoms with E-state index < -0.39 is 17.6 Å². The van der Waals surface area contributed by atoms with Crippen LogP contribution in [0.2, 0.25) is 0 Å². The van der Waals surface area contributed by atoms with Crippen molar-refractivity contribution in [3.8, 4) is 23.0 Å². The summed E-state index contributed by atoms with van der Waals surface area (Å²) in [6.45, 7) is 3.95. The number of methoxy groups -OCH3 is 2. The fourth-order valence-corrected chi connectivity index (χ4v) is 4.69. The summed E-state index contributed by atoms with van der Waals surface area (Å²) in [6.07, 6.45) is 5.39. The first-order valence-corrected chi connectivity index (χ1v) is 13.7. The Morgan fingerprint density at radius 1 is 0.977 bits per heavy atom. The van der Waals surface area contributed by atoms with Crippen molar-refractivity contribution < 1.29 is 33.0 Å². The van der Waals surface area contributed by atoms with Gasteiger partial charge in [-0.2, -0.15) is 0 Å². The number of aromatic nitrogens is 2. The van der Waals surface area contributed by atoms with Gasteiger partial charge in [-0.05, 0) is 61.4 Å². The molecule has 10 nitrogen and oxygen atoms in total. The van der Waals surface area contributed by atoms with Crippen LogP contribution in [-0.2, 0) is 14.4 Å². The first-order valence-electron chi connectivity index (χ1n) is 13.7. The molecule has 0 spiro atoms. The summed E-state index contributed by atoms with van der Waals surface area (Å²) < 4.78 is 30.8. The lowest BCUT2D eigenvalue weighted by Crippen LogP contribution is -2.37. The number of allylic oxidation sites excluding steroid dienone is 2. The van der Waals surface area contributed by atoms with Gasteiger partial charge in [0.1, 0.15) is 28.7 Å². The molecule has 44 heavy (non-hydrogen) atoms. The molecule has 3 heterocycles. The molecule has 0 bridgehead atoms. The van der Waals surface area contributed by atoms with E-state index in [0.717, 1.165) is 0 Å². The highest BCUT2D eigenvalue weighted by atomic mass is 19.1. The molecule has 2 amide bonds. The van der Waals surface area contributed by atoms with E-state index in [1.165, 1.54) is 48.5 Å². The highest BCUT2D eigenvalue weighted by Gasteiger charge is 2.28. The number of ketones is 1. The zero-order valence-electron chi connectivity index (χ0n) is 24.1. The minimum atomic E-state index is -0.798. The van der Waals surface area contributed by atoms with Gasteiger partial charge in [0.25, 0.3) is 11.8 Å². The summed E-state index contributed by atoms with van der Waals surface area (Å²) in [4.78, 5) is 49.5. The topological polar surface area (TPSA) is 120 Å². The van der Waals surface area contributed by atoms with Crippen LogP contribution < -0.4 is 24.4 Å². The molecular weight excluding hydrogens is 567 g/mol. The van der Waals surface area contributed by atoms with E-state index in [1.807, 2.05) is 0 Å². The van der Waals surface area contributed by atoms with Crippen LogP contribution in [-0.4, -0.2) is 48.3 Å². The second kappa shape index (κ2) is 13.2. The number of carbonyl (C=O) groups excluding carboxylic acids is 3. The van der Waals surface area contributed by atoms with Gasteiger partial charge >= 0.3 is 0 Å². The van der Waals surface area contributed by atoms with Crippen molar-refractivity contribution in [1.82, 2.24) is 9.97 Å². The molecule has 11 heteroatoms. The van der Waals surface area contributed by atoms with E-state index >= 15 is 0 Å². The quantitative estimate of drug-likeness (QED) is 0.210. The van der Waals surface area contributed by atoms with Crippen molar-refractivity contribution in [3.05, 3.63) is 96.6 Å². The normalized spacial score (nSPS) is 15.4. The van der Waals surface area contributed by atoms with Gasteiger partial charge in [0.15, 0.2) is 17.3 Å². The lowest BCUT2D eigenvalue weighted by atomic mass is 10.0. The summed E-state index contributed by atoms with van der Waals surface area (Å²) in [5.74, 6) is -0.236. The molecule has 4 aromatic rings. The van der Waals surface area contributed by atoms with Crippen molar-refractivity contribution in [2.24, 2.45) is 0 Å². The Balaban J connectivity index is 1.38. The Kier molecular flexibility index (Phi) is 8.94. The zero-order valence-corrected chi connectivity index (χ0v) is 24.1. The number of carbonyl (C=O) groups is 3. The van der Waals surface area contributed by atoms with E-state index in [0.29, 0.717) is 52.4 Å². The van der Waals surface area contributed by atoms with Gasteiger partial charge < -0.3 is 24.4 Å². The van der Waals surface area contributed by atoms with Gasteiger partial charge in [-0.1, -0.05) is 12.6 Å². The number of anilines is 2. The first kappa shape index (κ1) is 29.9. The summed E-state index contributed by atoms with van der Waals surface area (Å²) in [5, 5.41) is 3.29. The third-order valence-corrected chi connectivity index (χ3v) is 6.96. The molecule has 0 saturated heterocycles. The summed E-state index contributed by atoms with van der Waals surface area (Å²) in [6, 6.07) is 13.9. The Morgan fingerprint density at radius 3 is 2.50 bits per heavy atom. The van der Waals surface area contributed by atoms with Gasteiger partial charge in [-0.15, -0.1) is 0 Å². The summed E-state index contributed by atoms with van der Waals surface area (Å²) in [7, 11) is 3.08. The lowest BCUT2D eigenvalue weighted by Gasteiger charge is -2.25. The molecule has 2 aromatic carbocycles. The van der Waals surface area contributed by atoms with Crippen molar-refractivity contribution in [1.29, 1.82) is 0 Å². The van der Waals surface area contributed by atoms with Gasteiger partial charge in [0.05, 0.1) is 25.9 Å². The predicted octanol–water partition coefficient (Wildman–Crippen LogP) is 5.79. The van der Waals surface area contributed by atoms with Crippen molar-refractivity contribution in [3.63, 3.8) is 0 Å². The first-order chi connectivity index (χ1) is 21.3. The molecule has 0 aliphatic carbocycles. The number of halogens is 1. The maximum Gasteiger partial charge on any atom is 0.263 e. The van der Waals surface area contributed by atoms with Gasteiger partial charge in [-0.3, -0.25) is 19.4 Å². The number of benzene rings is 2. The fraction of sp³-hybridized carbons (Fsp3) is 0.182. The van der Waals surface area contributed by atoms with Crippen LogP contribution in [0.5, 0.6) is 23.0 Å². The van der Waals surface area contributed by atoms with Crippen molar-refractivity contribution in [2.75, 3.05) is 31.0 Å². The molecule has 0 atom stereocenters. The number of fused-ring (bicyclic) bond motifs is 1. The van der Waals surface area contributed by atoms with Crippen LogP contribution in [0.3, 0.4) is 0 Å². The number of nitrogens with one attached hydrogen (secondary N) is 1. The third kappa shape index (κ3) is 6.57. The molecule has 1 aliphatic rings. The van der Waals surface area contributed by atoms with Crippen LogP contribution in [0.25, 0.3) is 10.9 Å². The van der Waals surface area contributed by atoms with E-state index in [9.17, 15) is 18.8 Å². The van der Waals surface area contributed by atoms with Crippen LogP contribution in [0, 0.1) is 5.82 Å². The number of ether oxygens (including phenoxy) is 3. The van der Waals surface area contributed by atoms with E-state index in [-0.39, 0.29) is 35.7 Å². The number of hydrogen-bond donors (Lipinski definition) is 1. The molecule has 5 rings (SSSR count). The largest absolute Gasteiger partial charge is 0.493 e. The van der Waals surface area contributed by atoms with Gasteiger partial charge in [-0.25, -0.2) is 9.37 Å². The highest BCUT2D eigenvalue weighted by molar-refractivity contribution is 6.27. The maximum absolute atomic E-state index is 14.0. The number of amides is 2. The number of nitrogens with zero attached hydrogens (tertiary/aromatic N) is 3. The van der Waals surface area contributed by atoms with Crippen LogP contribution in [0.15, 0.2) is 90.8 Å². The molecule has 1 N–H and O–H groups in total. The number of pyridine rings is 2. The average molecular weight is 597 g/mol. The molecule has 0 radical (unpaired) electrons. The Morgan fingerprint density at radius 2 is 1.77 bits per heavy atom. The molecule has 0 saturated carbocycles. The highest BCUT2D eigenvalue weighted by Crippen LogP contribution is 2.37. The van der Waals surface area contributed by atoms with Crippen molar-refractivity contribution in [2.45, 2.75) is 19.3 Å². The van der Waals surface area contributed by atoms with Gasteiger partial charge in [0, 0.05) is 41.9 Å². The van der Waals surface area contributed by atoms with E-state index in [2.05, 4.69) is 21.9 Å². The zero-order chi connectivity index (χ0) is 31.2. The van der Waals surface area contributed by atoms with Crippen LogP contribution in [0.4, 0.5) is 15.9 Å². The monoisotopic (exact) mass is 596 g/mol. The second-order valence-corrected chi connectivity index (χ2v) is 9.87. The number of hydrogen-bond acceptors (Lipinski definition) is 8. The van der Waals surface area contributed by atoms with E-state index in [4.69, 9.17) is 14.2 Å². The smallest absolute Gasteiger partial charge is 0.263 e. The van der Waals surface area contributed by atoms with E-state index in [1.54, 1.807) is 43.6 Å². The summed E-state index contributed by atoms with van der Waals surface area (Å²) >= 11 is 0. The molecule has 0 unspecified atom stereocenters. The third-order valence-electron chi connectivity index (χ3n) is 6.96. The predicted molar refractivity (Wildman–Crippen MR) is 163 cm³/mol. The Labute approximate surface area is 252 Å². The maximum atomic E-state index is 14.0. The number of rotatable bonds is 7. The Hall–Kier alpha value is -5.58. The number of Topliss-reactive ketones (excluding diaryl/α,β-unsaturated/α-hetero) is 1. The van der Waals surface area contributed by atoms with Crippen LogP contribution >= 0.6 is 0 Å². The standard InChI is InChI=1S/C33H29FN4O6/c1-20-15-25(33(41)38(14-5-4-9-27(20)39)22-8-6-7-21(34)16-22)32(40)37-31-11-10-23(19-36-31)44-28-12-13-35-26-18-30(43-3)29(42-2)17-24(26)28/h6-8,10-13,15-19H,1,4-5,9,14H2,2-3H3,(H,36,37,40)/b25-15-. The molecule has 2 aromatic heterocycles. The Bertz CT molecular complexity index is 1790. The molecule has 224 valence electrons. The SMILES string of the molecule is C=C1/C=C(/C(=O)Nc2ccc(Oc3ccnc4cc(OC)c(OC)cc34)cn2)C(=O)N(c2cccc(F)c2)CCCCC1=O. The average Bonchev–Trinajstić information content (AvgIpc) is 3.03. The minimum Gasteiger partial charge on any atom is -0.493 e. The second-order valence-electron chi connectivity index (χ2n) is 9.87. The van der Waals surface area contributed by atoms with Gasteiger partial charge in [0.2, 0.25) is 0 Å². The van der Waals surface area contributed by atoms with Crippen LogP contribution in [0.1, 0.15) is 19.3 Å². The fourth-order valence-electron chi connectivity index (χ4n) is 4.69. The molecule has 1 aliphatic heterocycles. The molecular formula is C33H29FN4O6. The summed E-state index contributed by atoms with van der Waals surface area (Å²) in [5.41, 5.74) is 0.628.